The summed E-state index contributed by atoms with van der Waals surface area (Å²) in [5.41, 5.74) is -0.0947. The van der Waals surface area contributed by atoms with Gasteiger partial charge in [0.25, 0.3) is 0 Å². The van der Waals surface area contributed by atoms with Crippen LogP contribution >= 0.6 is 15.9 Å². The molecule has 0 saturated carbocycles. The van der Waals surface area contributed by atoms with Crippen LogP contribution in [0.25, 0.3) is 0 Å². The zero-order chi connectivity index (χ0) is 11.2. The van der Waals surface area contributed by atoms with Crippen LogP contribution in [0.5, 0.6) is 0 Å². The highest BCUT2D eigenvalue weighted by Gasteiger charge is 2.22. The van der Waals surface area contributed by atoms with Gasteiger partial charge in [0.05, 0.1) is 0 Å². The summed E-state index contributed by atoms with van der Waals surface area (Å²) < 4.78 is 0. The molecule has 0 aliphatic rings. The quantitative estimate of drug-likeness (QED) is 0.734. The molecule has 0 aliphatic heterocycles. The van der Waals surface area contributed by atoms with Crippen LogP contribution in [0.15, 0.2) is 0 Å². The van der Waals surface area contributed by atoms with Crippen LogP contribution < -0.4 is 5.32 Å². The normalized spacial score (nSPS) is 13.8. The minimum atomic E-state index is -0.0947. The lowest BCUT2D eigenvalue weighted by atomic mass is 9.99. The van der Waals surface area contributed by atoms with Crippen molar-refractivity contribution >= 4 is 21.8 Å². The Kier molecular flexibility index (Phi) is 6.41. The molecule has 0 heterocycles. The van der Waals surface area contributed by atoms with Gasteiger partial charge in [0, 0.05) is 16.8 Å². The van der Waals surface area contributed by atoms with Gasteiger partial charge in [-0.05, 0) is 26.7 Å². The molecule has 0 aliphatic carbocycles. The van der Waals surface area contributed by atoms with Gasteiger partial charge in [-0.3, -0.25) is 4.79 Å². The van der Waals surface area contributed by atoms with Gasteiger partial charge in [-0.1, -0.05) is 36.2 Å². The molecular weight excluding hydrogens is 242 g/mol. The molecule has 1 unspecified atom stereocenters. The fourth-order valence-corrected chi connectivity index (χ4v) is 2.31. The first-order valence-corrected chi connectivity index (χ1v) is 6.43. The number of rotatable bonds is 6. The molecule has 0 radical (unpaired) electrons. The summed E-state index contributed by atoms with van der Waals surface area (Å²) in [6.07, 6.45) is 2.99. The lowest BCUT2D eigenvalue weighted by Crippen LogP contribution is -2.45. The number of carbonyl (C=O) groups excluding carboxylic acids is 1. The van der Waals surface area contributed by atoms with Crippen molar-refractivity contribution in [2.45, 2.75) is 52.5 Å². The second-order valence-electron chi connectivity index (χ2n) is 4.50. The van der Waals surface area contributed by atoms with E-state index in [9.17, 15) is 4.79 Å². The lowest BCUT2D eigenvalue weighted by Gasteiger charge is -2.27. The van der Waals surface area contributed by atoms with Gasteiger partial charge in [-0.2, -0.15) is 0 Å². The number of carbonyl (C=O) groups is 1. The molecule has 0 aromatic rings. The van der Waals surface area contributed by atoms with Crippen LogP contribution in [0, 0.1) is 5.92 Å². The fourth-order valence-electron chi connectivity index (χ4n) is 1.32. The molecule has 2 nitrogen and oxygen atoms in total. The van der Waals surface area contributed by atoms with Gasteiger partial charge >= 0.3 is 0 Å². The van der Waals surface area contributed by atoms with Crippen LogP contribution in [-0.4, -0.2) is 16.8 Å². The van der Waals surface area contributed by atoms with Crippen molar-refractivity contribution < 1.29 is 4.79 Å². The number of amides is 1. The first-order chi connectivity index (χ1) is 6.43. The largest absolute Gasteiger partial charge is 0.351 e. The van der Waals surface area contributed by atoms with Crippen molar-refractivity contribution in [2.24, 2.45) is 5.92 Å². The molecule has 1 atom stereocenters. The maximum Gasteiger partial charge on any atom is 0.223 e. The monoisotopic (exact) mass is 263 g/mol. The Bertz CT molecular complexity index is 180. The molecule has 0 bridgehead atoms. The fraction of sp³-hybridized carbons (Fsp3) is 0.909. The number of halogens is 1. The molecule has 0 aromatic carbocycles. The van der Waals surface area contributed by atoms with Crippen molar-refractivity contribution in [2.75, 3.05) is 5.33 Å². The Morgan fingerprint density at radius 1 is 1.50 bits per heavy atom. The van der Waals surface area contributed by atoms with E-state index in [0.29, 0.717) is 0 Å². The summed E-state index contributed by atoms with van der Waals surface area (Å²) in [6, 6.07) is 0. The van der Waals surface area contributed by atoms with Crippen LogP contribution in [0.1, 0.15) is 47.0 Å². The molecule has 84 valence electrons. The molecular formula is C11H22BrNO. The van der Waals surface area contributed by atoms with E-state index in [0.717, 1.165) is 24.6 Å². The average Bonchev–Trinajstić information content (AvgIpc) is 2.03. The third kappa shape index (κ3) is 5.63. The summed E-state index contributed by atoms with van der Waals surface area (Å²) in [4.78, 5) is 11.7. The first kappa shape index (κ1) is 13.9. The van der Waals surface area contributed by atoms with E-state index in [-0.39, 0.29) is 17.4 Å². The van der Waals surface area contributed by atoms with E-state index in [1.165, 1.54) is 0 Å². The topological polar surface area (TPSA) is 29.1 Å². The molecule has 0 spiro atoms. The van der Waals surface area contributed by atoms with E-state index in [1.807, 2.05) is 6.92 Å². The molecule has 0 aromatic heterocycles. The highest BCUT2D eigenvalue weighted by molar-refractivity contribution is 9.09. The molecule has 0 rings (SSSR count). The third-order valence-electron chi connectivity index (χ3n) is 2.35. The molecule has 1 N–H and O–H groups in total. The maximum atomic E-state index is 11.7. The maximum absolute atomic E-state index is 11.7. The molecule has 1 amide bonds. The van der Waals surface area contributed by atoms with Crippen molar-refractivity contribution in [3.05, 3.63) is 0 Å². The van der Waals surface area contributed by atoms with E-state index in [1.54, 1.807) is 0 Å². The summed E-state index contributed by atoms with van der Waals surface area (Å²) in [5.74, 6) is 0.312. The van der Waals surface area contributed by atoms with Gasteiger partial charge in [-0.25, -0.2) is 0 Å². The average molecular weight is 264 g/mol. The SMILES string of the molecule is CCCC(C)C(=O)NC(C)(C)CCBr. The highest BCUT2D eigenvalue weighted by atomic mass is 79.9. The summed E-state index contributed by atoms with van der Waals surface area (Å²) in [5, 5.41) is 3.99. The van der Waals surface area contributed by atoms with Crippen molar-refractivity contribution in [3.63, 3.8) is 0 Å². The Labute approximate surface area is 96.0 Å². The van der Waals surface area contributed by atoms with Gasteiger partial charge < -0.3 is 5.32 Å². The summed E-state index contributed by atoms with van der Waals surface area (Å²) in [6.45, 7) is 8.21. The lowest BCUT2D eigenvalue weighted by molar-refractivity contribution is -0.126. The third-order valence-corrected chi connectivity index (χ3v) is 2.75. The molecule has 0 fully saturated rings. The Hall–Kier alpha value is -0.0500. The van der Waals surface area contributed by atoms with Crippen LogP contribution in [0.3, 0.4) is 0 Å². The number of hydrogen-bond acceptors (Lipinski definition) is 1. The van der Waals surface area contributed by atoms with E-state index in [4.69, 9.17) is 0 Å². The van der Waals surface area contributed by atoms with Crippen molar-refractivity contribution in [3.8, 4) is 0 Å². The Morgan fingerprint density at radius 3 is 2.50 bits per heavy atom. The highest BCUT2D eigenvalue weighted by Crippen LogP contribution is 2.13. The van der Waals surface area contributed by atoms with Gasteiger partial charge in [0.2, 0.25) is 5.91 Å². The predicted molar refractivity (Wildman–Crippen MR) is 64.7 cm³/mol. The standard InChI is InChI=1S/C11H22BrNO/c1-5-6-9(2)10(14)13-11(3,4)7-8-12/h9H,5-8H2,1-4H3,(H,13,14). The Balaban J connectivity index is 4.03. The van der Waals surface area contributed by atoms with Crippen LogP contribution in [-0.2, 0) is 4.79 Å². The number of alkyl halides is 1. The minimum absolute atomic E-state index is 0.0947. The van der Waals surface area contributed by atoms with E-state index < -0.39 is 0 Å². The molecule has 14 heavy (non-hydrogen) atoms. The number of hydrogen-bond donors (Lipinski definition) is 1. The van der Waals surface area contributed by atoms with Gasteiger partial charge in [0.1, 0.15) is 0 Å². The van der Waals surface area contributed by atoms with Gasteiger partial charge in [-0.15, -0.1) is 0 Å². The second-order valence-corrected chi connectivity index (χ2v) is 5.29. The van der Waals surface area contributed by atoms with Crippen molar-refractivity contribution in [1.82, 2.24) is 5.32 Å². The first-order valence-electron chi connectivity index (χ1n) is 5.31. The number of nitrogens with one attached hydrogen (secondary N) is 1. The van der Waals surface area contributed by atoms with Crippen LogP contribution in [0.2, 0.25) is 0 Å². The molecule has 0 saturated heterocycles. The minimum Gasteiger partial charge on any atom is -0.351 e. The molecule has 3 heteroatoms. The zero-order valence-electron chi connectivity index (χ0n) is 9.69. The summed E-state index contributed by atoms with van der Waals surface area (Å²) >= 11 is 3.39. The summed E-state index contributed by atoms with van der Waals surface area (Å²) in [7, 11) is 0. The Morgan fingerprint density at radius 2 is 2.07 bits per heavy atom. The predicted octanol–water partition coefficient (Wildman–Crippen LogP) is 3.10. The van der Waals surface area contributed by atoms with E-state index in [2.05, 4.69) is 42.0 Å². The smallest absolute Gasteiger partial charge is 0.223 e. The zero-order valence-corrected chi connectivity index (χ0v) is 11.3. The van der Waals surface area contributed by atoms with Crippen LogP contribution in [0.4, 0.5) is 0 Å². The van der Waals surface area contributed by atoms with Gasteiger partial charge in [0.15, 0.2) is 0 Å². The van der Waals surface area contributed by atoms with Crippen molar-refractivity contribution in [1.29, 1.82) is 0 Å². The second kappa shape index (κ2) is 6.44. The van der Waals surface area contributed by atoms with E-state index >= 15 is 0 Å².